The molecule has 5 heteroatoms. The Morgan fingerprint density at radius 2 is 0.467 bits per heavy atom. The molecular formula is C102H128Cl2HfSi2. The molecule has 0 aromatic heterocycles. The molecule has 4 aromatic rings. The third kappa shape index (κ3) is 9.40. The molecule has 14 rings (SSSR count). The van der Waals surface area contributed by atoms with Gasteiger partial charge in [0.25, 0.3) is 0 Å². The Morgan fingerprint density at radius 3 is 0.617 bits per heavy atom. The van der Waals surface area contributed by atoms with Crippen LogP contribution in [0.5, 0.6) is 0 Å². The predicted octanol–water partition coefficient (Wildman–Crippen LogP) is 28.4. The first-order valence-electron chi connectivity index (χ1n) is 41.9. The van der Waals surface area contributed by atoms with Crippen molar-refractivity contribution in [2.45, 2.75) is 287 Å². The second kappa shape index (κ2) is 26.1. The molecule has 2 aliphatic heterocycles. The minimum absolute atomic E-state index is 0.00506. The topological polar surface area (TPSA) is 0 Å². The van der Waals surface area contributed by atoms with Crippen molar-refractivity contribution < 1.29 is 14.7 Å². The van der Waals surface area contributed by atoms with E-state index in [1.54, 1.807) is 0 Å². The quantitative estimate of drug-likeness (QED) is 0.124. The van der Waals surface area contributed by atoms with E-state index in [2.05, 4.69) is 349 Å². The van der Waals surface area contributed by atoms with Gasteiger partial charge >= 0.3 is 662 Å². The minimum atomic E-state index is -8.01. The van der Waals surface area contributed by atoms with Gasteiger partial charge in [-0.15, -0.1) is 0 Å². The van der Waals surface area contributed by atoms with Gasteiger partial charge in [0.15, 0.2) is 0 Å². The summed E-state index contributed by atoms with van der Waals surface area (Å²) >= 11 is -8.01. The normalized spacial score (nSPS) is 29.7. The van der Waals surface area contributed by atoms with Crippen LogP contribution in [0.3, 0.4) is 0 Å². The fraction of sp³-hybridized carbons (Fsp3) is 0.451. The van der Waals surface area contributed by atoms with Crippen molar-refractivity contribution in [1.29, 1.82) is 0 Å². The van der Waals surface area contributed by atoms with Gasteiger partial charge in [-0.3, -0.25) is 0 Å². The summed E-state index contributed by atoms with van der Waals surface area (Å²) in [5.74, 6) is -0.125. The van der Waals surface area contributed by atoms with Gasteiger partial charge < -0.3 is 0 Å². The molecule has 0 radical (unpaired) electrons. The zero-order chi connectivity index (χ0) is 77.5. The molecule has 4 aromatic carbocycles. The maximum absolute atomic E-state index is 11.9. The summed E-state index contributed by atoms with van der Waals surface area (Å²) in [6.07, 6.45) is 59.1. The van der Waals surface area contributed by atoms with Crippen LogP contribution in [0.25, 0.3) is 0 Å². The van der Waals surface area contributed by atoms with E-state index in [-0.39, 0.29) is 45.3 Å². The predicted molar refractivity (Wildman–Crippen MR) is 471 cm³/mol. The van der Waals surface area contributed by atoms with E-state index in [0.29, 0.717) is 0 Å². The van der Waals surface area contributed by atoms with Crippen LogP contribution in [-0.2, 0) is 87.7 Å². The fourth-order valence-corrected chi connectivity index (χ4v) is 200. The summed E-state index contributed by atoms with van der Waals surface area (Å²) < 4.78 is -2.89. The van der Waals surface area contributed by atoms with Crippen LogP contribution >= 0.6 is 17.2 Å². The van der Waals surface area contributed by atoms with Crippen LogP contribution in [0.2, 0.25) is 24.3 Å². The molecule has 8 atom stereocenters. The molecule has 0 amide bonds. The first kappa shape index (κ1) is 78.3. The SMILES string of the molecule is CCc1cc(C2C=CC=CC3=C2C=C(C)[C]32[SiH](C)[C]3(C(C)=CC4=C3C=CC=CC4c3cc(CC)c(C(C)(C)C)c(CC)c3)[Hf]23([Cl])([Cl])[C]2(C(C)=CC4=C2C=CC=CC4c2cc(CC)c(C(C)(C)C)c(CC)c2)[SiH](C)[C]32C(C)=CC3=C2C=CC=CC3c2cc(CC)c(C(C)(C)C)c(CC)c2)cc(CC)c1C(C)(C)C. The molecule has 0 saturated carbocycles. The van der Waals surface area contributed by atoms with Gasteiger partial charge in [-0.1, -0.05) is 0 Å². The molecule has 2 heterocycles. The number of aryl methyl sites for hydroxylation is 8. The van der Waals surface area contributed by atoms with Crippen molar-refractivity contribution in [3.63, 3.8) is 0 Å². The summed E-state index contributed by atoms with van der Waals surface area (Å²) in [5.41, 5.74) is 40.3. The second-order valence-corrected chi connectivity index (χ2v) is 93.0. The monoisotopic (exact) mass is 1660 g/mol. The fourth-order valence-electron chi connectivity index (χ4n) is 27.9. The molecule has 0 bridgehead atoms. The maximum atomic E-state index is 11.9. The number of hydrogen-bond donors (Lipinski definition) is 0. The Bertz CT molecular complexity index is 4340. The van der Waals surface area contributed by atoms with E-state index in [9.17, 15) is 17.2 Å². The van der Waals surface area contributed by atoms with Gasteiger partial charge in [0.1, 0.15) is 0 Å². The molecule has 8 aliphatic carbocycles. The summed E-state index contributed by atoms with van der Waals surface area (Å²) in [6.45, 7) is 64.1. The Morgan fingerprint density at radius 1 is 0.299 bits per heavy atom. The molecule has 2 saturated heterocycles. The van der Waals surface area contributed by atoms with E-state index in [0.717, 1.165) is 51.4 Å². The van der Waals surface area contributed by atoms with Gasteiger partial charge in [0.05, 0.1) is 0 Å². The molecule has 2 fully saturated rings. The van der Waals surface area contributed by atoms with Crippen molar-refractivity contribution in [3.8, 4) is 0 Å². The van der Waals surface area contributed by atoms with Gasteiger partial charge in [0, 0.05) is 0 Å². The van der Waals surface area contributed by atoms with Crippen molar-refractivity contribution in [3.05, 3.63) is 326 Å². The number of halogens is 2. The number of hydrogen-bond acceptors (Lipinski definition) is 0. The molecule has 8 unspecified atom stereocenters. The van der Waals surface area contributed by atoms with Gasteiger partial charge in [-0.05, 0) is 0 Å². The summed E-state index contributed by atoms with van der Waals surface area (Å²) in [4.78, 5) is 0. The van der Waals surface area contributed by atoms with Crippen LogP contribution in [0.4, 0.5) is 0 Å². The standard InChI is InChI=1S/2C51H64Si.2ClH.Hf/c2*1-14-34-28-38(29-35(15-2)46(34)50(7,8)9)40-22-18-20-24-42-44(40)26-32(5)48(42)52(13)49-33(6)27-45-41(23-19-21-25-43(45)49)39-30-36(16-3)47(51(10,11)12)37(17-4)31-39;;;/h2*18-31,40-41,52H,14-17H2,1-13H3;2*1H;/q;;;;+2/p-2. The first-order valence-corrected chi connectivity index (χ1v) is 62.6. The van der Waals surface area contributed by atoms with Gasteiger partial charge in [0.2, 0.25) is 0 Å². The average molecular weight is 1660 g/mol. The van der Waals surface area contributed by atoms with Crippen LogP contribution < -0.4 is 0 Å². The van der Waals surface area contributed by atoms with E-state index in [1.165, 1.54) is 156 Å². The van der Waals surface area contributed by atoms with Gasteiger partial charge in [-0.25, -0.2) is 0 Å². The Hall–Kier alpha value is -5.40. The van der Waals surface area contributed by atoms with Crippen molar-refractivity contribution >= 4 is 34.7 Å². The van der Waals surface area contributed by atoms with E-state index >= 15 is 0 Å². The third-order valence-corrected chi connectivity index (χ3v) is 147. The Balaban J connectivity index is 1.20. The summed E-state index contributed by atoms with van der Waals surface area (Å²) in [6, 6.07) is 21.0. The Labute approximate surface area is 656 Å². The van der Waals surface area contributed by atoms with Crippen LogP contribution in [0.1, 0.15) is 279 Å². The van der Waals surface area contributed by atoms with Crippen molar-refractivity contribution in [1.82, 2.24) is 0 Å². The first-order chi connectivity index (χ1) is 50.4. The summed E-state index contributed by atoms with van der Waals surface area (Å²) in [7, 11) is 18.5. The number of fused-ring (bicyclic) bond motifs is 8. The third-order valence-electron chi connectivity index (χ3n) is 29.9. The van der Waals surface area contributed by atoms with Gasteiger partial charge in [-0.2, -0.15) is 0 Å². The van der Waals surface area contributed by atoms with E-state index in [4.69, 9.17) is 0 Å². The number of allylic oxidation sites excluding steroid dienone is 32. The zero-order valence-corrected chi connectivity index (χ0v) is 78.0. The summed E-state index contributed by atoms with van der Waals surface area (Å²) in [5, 5.41) is 0. The average Bonchev–Trinajstić information content (AvgIpc) is 1.51. The molecular weight excluding hydrogens is 1530 g/mol. The molecule has 562 valence electrons. The van der Waals surface area contributed by atoms with E-state index in [1.807, 2.05) is 0 Å². The number of benzene rings is 4. The van der Waals surface area contributed by atoms with Crippen LogP contribution in [-0.4, -0.2) is 17.6 Å². The van der Waals surface area contributed by atoms with E-state index < -0.39 is 43.4 Å². The molecule has 107 heavy (non-hydrogen) atoms. The number of rotatable bonds is 12. The molecule has 10 aliphatic rings. The zero-order valence-electron chi connectivity index (χ0n) is 70.5. The van der Waals surface area contributed by atoms with Crippen molar-refractivity contribution in [2.24, 2.45) is 0 Å². The van der Waals surface area contributed by atoms with Crippen molar-refractivity contribution in [2.75, 3.05) is 0 Å². The second-order valence-electron chi connectivity index (χ2n) is 38.6. The van der Waals surface area contributed by atoms with Crippen LogP contribution in [0, 0.1) is 0 Å². The Kier molecular flexibility index (Phi) is 19.1. The van der Waals surface area contributed by atoms with Crippen LogP contribution in [0.15, 0.2) is 237 Å². The molecule has 0 N–H and O–H groups in total. The molecule has 0 nitrogen and oxygen atoms in total. The molecule has 5 spiro atoms.